The molecule has 1 aromatic rings. The molecule has 1 saturated carbocycles. The maximum absolute atomic E-state index is 12.5. The van der Waals surface area contributed by atoms with Crippen molar-refractivity contribution < 1.29 is 24.2 Å². The maximum Gasteiger partial charge on any atom is 0.223 e. The van der Waals surface area contributed by atoms with Crippen LogP contribution in [0.5, 0.6) is 5.75 Å². The van der Waals surface area contributed by atoms with Gasteiger partial charge in [-0.3, -0.25) is 9.59 Å². The minimum atomic E-state index is -0.331. The SMILES string of the molecule is CCO[C@@H]1C[C@H](O)C12CCN(C(=O)CCC(=O)c1ccc(OC)cc1)CC2. The second-order valence-corrected chi connectivity index (χ2v) is 7.46. The smallest absolute Gasteiger partial charge is 0.223 e. The number of carbonyl (C=O) groups is 2. The molecule has 2 aliphatic rings. The number of hydrogen-bond donors (Lipinski definition) is 1. The van der Waals surface area contributed by atoms with Crippen LogP contribution in [0.4, 0.5) is 0 Å². The number of ketones is 1. The van der Waals surface area contributed by atoms with Crippen molar-refractivity contribution >= 4 is 11.7 Å². The van der Waals surface area contributed by atoms with Crippen LogP contribution in [-0.2, 0) is 9.53 Å². The van der Waals surface area contributed by atoms with Gasteiger partial charge in [-0.1, -0.05) is 0 Å². The van der Waals surface area contributed by atoms with Gasteiger partial charge in [-0.25, -0.2) is 0 Å². The Morgan fingerprint density at radius 3 is 2.41 bits per heavy atom. The van der Waals surface area contributed by atoms with Crippen LogP contribution in [0.15, 0.2) is 24.3 Å². The Hall–Kier alpha value is -1.92. The molecule has 1 aliphatic heterocycles. The summed E-state index contributed by atoms with van der Waals surface area (Å²) in [5, 5.41) is 10.2. The van der Waals surface area contributed by atoms with Gasteiger partial charge in [0.1, 0.15) is 5.75 Å². The number of nitrogens with zero attached hydrogens (tertiary/aromatic N) is 1. The fraction of sp³-hybridized carbons (Fsp3) is 0.619. The molecule has 1 heterocycles. The Labute approximate surface area is 160 Å². The Kier molecular flexibility index (Phi) is 6.17. The Morgan fingerprint density at radius 2 is 1.85 bits per heavy atom. The number of methoxy groups -OCH3 is 1. The number of hydrogen-bond acceptors (Lipinski definition) is 5. The normalized spacial score (nSPS) is 23.7. The number of piperidine rings is 1. The number of likely N-dealkylation sites (tertiary alicyclic amines) is 1. The largest absolute Gasteiger partial charge is 0.497 e. The van der Waals surface area contributed by atoms with Crippen molar-refractivity contribution in [3.05, 3.63) is 29.8 Å². The van der Waals surface area contributed by atoms with Crippen molar-refractivity contribution in [2.75, 3.05) is 26.8 Å². The van der Waals surface area contributed by atoms with E-state index in [0.717, 1.165) is 12.8 Å². The van der Waals surface area contributed by atoms with E-state index < -0.39 is 0 Å². The lowest BCUT2D eigenvalue weighted by Crippen LogP contribution is -2.62. The molecule has 1 aliphatic carbocycles. The van der Waals surface area contributed by atoms with E-state index >= 15 is 0 Å². The zero-order valence-corrected chi connectivity index (χ0v) is 16.1. The summed E-state index contributed by atoms with van der Waals surface area (Å²) >= 11 is 0. The number of benzene rings is 1. The summed E-state index contributed by atoms with van der Waals surface area (Å²) in [7, 11) is 1.58. The van der Waals surface area contributed by atoms with Crippen molar-refractivity contribution in [2.24, 2.45) is 5.41 Å². The lowest BCUT2D eigenvalue weighted by atomic mass is 9.58. The summed E-state index contributed by atoms with van der Waals surface area (Å²) in [6, 6.07) is 6.94. The average molecular weight is 375 g/mol. The van der Waals surface area contributed by atoms with Gasteiger partial charge in [0, 0.05) is 49.9 Å². The van der Waals surface area contributed by atoms with Gasteiger partial charge in [-0.05, 0) is 44.0 Å². The second kappa shape index (κ2) is 8.40. The molecule has 3 rings (SSSR count). The molecule has 0 radical (unpaired) electrons. The van der Waals surface area contributed by atoms with E-state index in [1.807, 2.05) is 11.8 Å². The highest BCUT2D eigenvalue weighted by molar-refractivity contribution is 5.98. The van der Waals surface area contributed by atoms with Crippen molar-refractivity contribution in [3.63, 3.8) is 0 Å². The summed E-state index contributed by atoms with van der Waals surface area (Å²) in [5.41, 5.74) is 0.407. The predicted octanol–water partition coefficient (Wildman–Crippen LogP) is 2.44. The highest BCUT2D eigenvalue weighted by Gasteiger charge is 2.56. The Balaban J connectivity index is 1.47. The average Bonchev–Trinajstić information content (AvgIpc) is 2.71. The minimum absolute atomic E-state index is 0.00786. The first kappa shape index (κ1) is 19.8. The Bertz CT molecular complexity index is 662. The minimum Gasteiger partial charge on any atom is -0.497 e. The first-order valence-corrected chi connectivity index (χ1v) is 9.75. The van der Waals surface area contributed by atoms with Gasteiger partial charge < -0.3 is 19.5 Å². The topological polar surface area (TPSA) is 76.1 Å². The quantitative estimate of drug-likeness (QED) is 0.741. The van der Waals surface area contributed by atoms with Crippen molar-refractivity contribution in [3.8, 4) is 5.75 Å². The highest BCUT2D eigenvalue weighted by Crippen LogP contribution is 2.50. The van der Waals surface area contributed by atoms with Crippen LogP contribution in [-0.4, -0.2) is 60.7 Å². The molecule has 6 nitrogen and oxygen atoms in total. The molecule has 0 aromatic heterocycles. The molecule has 1 amide bonds. The molecule has 27 heavy (non-hydrogen) atoms. The molecule has 0 unspecified atom stereocenters. The molecule has 1 aromatic carbocycles. The number of carbonyl (C=O) groups excluding carboxylic acids is 2. The maximum atomic E-state index is 12.5. The summed E-state index contributed by atoms with van der Waals surface area (Å²) in [6.45, 7) is 3.86. The molecule has 2 fully saturated rings. The molecule has 0 bridgehead atoms. The van der Waals surface area contributed by atoms with Crippen molar-refractivity contribution in [1.82, 2.24) is 4.90 Å². The van der Waals surface area contributed by atoms with Crippen LogP contribution in [0.3, 0.4) is 0 Å². The number of aliphatic hydroxyl groups excluding tert-OH is 1. The van der Waals surface area contributed by atoms with E-state index in [1.165, 1.54) is 0 Å². The van der Waals surface area contributed by atoms with Gasteiger partial charge in [-0.2, -0.15) is 0 Å². The zero-order chi connectivity index (χ0) is 19.4. The van der Waals surface area contributed by atoms with Crippen molar-refractivity contribution in [2.45, 2.75) is 51.2 Å². The third-order valence-electron chi connectivity index (χ3n) is 6.14. The Morgan fingerprint density at radius 1 is 1.19 bits per heavy atom. The third-order valence-corrected chi connectivity index (χ3v) is 6.14. The van der Waals surface area contributed by atoms with E-state index in [4.69, 9.17) is 9.47 Å². The molecule has 2 atom stereocenters. The monoisotopic (exact) mass is 375 g/mol. The summed E-state index contributed by atoms with van der Waals surface area (Å²) in [6.07, 6.45) is 2.41. The molecule has 6 heteroatoms. The predicted molar refractivity (Wildman–Crippen MR) is 101 cm³/mol. The van der Waals surface area contributed by atoms with E-state index in [9.17, 15) is 14.7 Å². The van der Waals surface area contributed by atoms with Gasteiger partial charge in [0.2, 0.25) is 5.91 Å². The number of Topliss-reactive ketones (excluding diaryl/α,β-unsaturated/α-hetero) is 1. The molecular formula is C21H29NO5. The van der Waals surface area contributed by atoms with Crippen LogP contribution in [0.1, 0.15) is 49.4 Å². The number of rotatable bonds is 7. The summed E-state index contributed by atoms with van der Waals surface area (Å²) < 4.78 is 10.9. The standard InChI is InChI=1S/C21H29NO5/c1-3-27-19-14-18(24)21(19)10-12-22(13-11-21)20(25)9-8-17(23)15-4-6-16(26-2)7-5-15/h4-7,18-19,24H,3,8-14H2,1-2H3/t18-,19+/m0/s1. The summed E-state index contributed by atoms with van der Waals surface area (Å²) in [5.74, 6) is 0.673. The van der Waals surface area contributed by atoms with Crippen LogP contribution >= 0.6 is 0 Å². The zero-order valence-electron chi connectivity index (χ0n) is 16.1. The van der Waals surface area contributed by atoms with E-state index in [0.29, 0.717) is 37.4 Å². The molecule has 148 valence electrons. The third kappa shape index (κ3) is 4.01. The van der Waals surface area contributed by atoms with Crippen molar-refractivity contribution in [1.29, 1.82) is 0 Å². The second-order valence-electron chi connectivity index (χ2n) is 7.46. The van der Waals surface area contributed by atoms with Gasteiger partial charge in [0.15, 0.2) is 5.78 Å². The number of amides is 1. The molecular weight excluding hydrogens is 346 g/mol. The van der Waals surface area contributed by atoms with Gasteiger partial charge in [-0.15, -0.1) is 0 Å². The van der Waals surface area contributed by atoms with Gasteiger partial charge in [0.25, 0.3) is 0 Å². The van der Waals surface area contributed by atoms with Crippen LogP contribution in [0.25, 0.3) is 0 Å². The lowest BCUT2D eigenvalue weighted by molar-refractivity contribution is -0.210. The lowest BCUT2D eigenvalue weighted by Gasteiger charge is -2.56. The first-order chi connectivity index (χ1) is 13.0. The number of aliphatic hydroxyl groups is 1. The van der Waals surface area contributed by atoms with E-state index in [2.05, 4.69) is 0 Å². The van der Waals surface area contributed by atoms with E-state index in [-0.39, 0.29) is 42.2 Å². The van der Waals surface area contributed by atoms with Crippen LogP contribution in [0, 0.1) is 5.41 Å². The number of ether oxygens (including phenoxy) is 2. The summed E-state index contributed by atoms with van der Waals surface area (Å²) in [4.78, 5) is 26.6. The molecule has 1 spiro atoms. The molecule has 1 N–H and O–H groups in total. The van der Waals surface area contributed by atoms with E-state index in [1.54, 1.807) is 31.4 Å². The molecule has 1 saturated heterocycles. The van der Waals surface area contributed by atoms with Crippen LogP contribution < -0.4 is 4.74 Å². The highest BCUT2D eigenvalue weighted by atomic mass is 16.5. The van der Waals surface area contributed by atoms with Crippen LogP contribution in [0.2, 0.25) is 0 Å². The van der Waals surface area contributed by atoms with Gasteiger partial charge in [0.05, 0.1) is 19.3 Å². The fourth-order valence-electron chi connectivity index (χ4n) is 4.29. The van der Waals surface area contributed by atoms with Gasteiger partial charge >= 0.3 is 0 Å². The first-order valence-electron chi connectivity index (χ1n) is 9.75. The fourth-order valence-corrected chi connectivity index (χ4v) is 4.29.